The summed E-state index contributed by atoms with van der Waals surface area (Å²) in [5.41, 5.74) is 2.11. The third-order valence-corrected chi connectivity index (χ3v) is 6.18. The predicted molar refractivity (Wildman–Crippen MR) is 121 cm³/mol. The first kappa shape index (κ1) is 31.0. The Hall–Kier alpha value is -3.24. The van der Waals surface area contributed by atoms with E-state index in [9.17, 15) is 31.1 Å². The number of carbonyl (C=O) groups excluding carboxylic acids is 1. The number of halogens is 6. The number of anilines is 1. The number of hydrogen-bond acceptors (Lipinski definition) is 7. The van der Waals surface area contributed by atoms with Crippen LogP contribution in [0.4, 0.5) is 32.0 Å². The molecular formula is C22H23F6N3O6S. The largest absolute Gasteiger partial charge is 0.490 e. The molecule has 3 atom stereocenters. The summed E-state index contributed by atoms with van der Waals surface area (Å²) in [6.45, 7) is 4.22. The minimum absolute atomic E-state index is 0.0510. The highest BCUT2D eigenvalue weighted by molar-refractivity contribution is 7.07. The average molecular weight is 571 g/mol. The molecule has 2 aromatic rings. The molecule has 210 valence electrons. The first-order valence-electron chi connectivity index (χ1n) is 10.8. The minimum atomic E-state index is -5.08. The summed E-state index contributed by atoms with van der Waals surface area (Å²) in [5.74, 6) is -4.73. The molecular weight excluding hydrogens is 548 g/mol. The molecule has 2 aromatic heterocycles. The number of hydrogen-bond donors (Lipinski definition) is 3. The maximum Gasteiger partial charge on any atom is 0.490 e. The van der Waals surface area contributed by atoms with Gasteiger partial charge in [0.05, 0.1) is 31.0 Å². The molecule has 2 aliphatic rings. The van der Waals surface area contributed by atoms with E-state index in [1.54, 1.807) is 23.7 Å². The fourth-order valence-electron chi connectivity index (χ4n) is 3.80. The number of nitrogens with zero attached hydrogens (tertiary/aromatic N) is 2. The Kier molecular flexibility index (Phi) is 11.0. The first-order valence-corrected chi connectivity index (χ1v) is 11.7. The first-order chi connectivity index (χ1) is 17.7. The number of carboxylic acid groups (broad SMARTS) is 2. The van der Waals surface area contributed by atoms with E-state index in [2.05, 4.69) is 32.0 Å². The summed E-state index contributed by atoms with van der Waals surface area (Å²) < 4.78 is 69.2. The van der Waals surface area contributed by atoms with Crippen LogP contribution in [0.15, 0.2) is 41.4 Å². The second kappa shape index (κ2) is 13.5. The highest BCUT2D eigenvalue weighted by Crippen LogP contribution is 2.35. The molecule has 0 spiro atoms. The summed E-state index contributed by atoms with van der Waals surface area (Å²) in [6, 6.07) is 5.87. The molecule has 0 aromatic carbocycles. The molecule has 2 aliphatic heterocycles. The van der Waals surface area contributed by atoms with E-state index >= 15 is 0 Å². The van der Waals surface area contributed by atoms with Gasteiger partial charge in [-0.15, -0.1) is 0 Å². The zero-order chi connectivity index (χ0) is 28.5. The van der Waals surface area contributed by atoms with E-state index in [4.69, 9.17) is 24.5 Å². The van der Waals surface area contributed by atoms with Gasteiger partial charge in [-0.25, -0.2) is 9.59 Å². The van der Waals surface area contributed by atoms with Gasteiger partial charge in [0.25, 0.3) is 0 Å². The van der Waals surface area contributed by atoms with Gasteiger partial charge in [0.1, 0.15) is 0 Å². The van der Waals surface area contributed by atoms with E-state index in [1.165, 1.54) is 5.56 Å². The molecule has 4 rings (SSSR count). The lowest BCUT2D eigenvalue weighted by Crippen LogP contribution is -2.41. The van der Waals surface area contributed by atoms with Gasteiger partial charge in [-0.3, -0.25) is 14.7 Å². The van der Waals surface area contributed by atoms with Gasteiger partial charge < -0.3 is 20.3 Å². The van der Waals surface area contributed by atoms with E-state index < -0.39 is 24.3 Å². The number of aliphatic carboxylic acids is 2. The van der Waals surface area contributed by atoms with Crippen LogP contribution in [-0.2, 0) is 25.7 Å². The molecule has 0 unspecified atom stereocenters. The van der Waals surface area contributed by atoms with Crippen molar-refractivity contribution < 1.29 is 55.7 Å². The molecule has 9 nitrogen and oxygen atoms in total. The average Bonchev–Trinajstić information content (AvgIpc) is 3.48. The van der Waals surface area contributed by atoms with E-state index in [0.29, 0.717) is 18.4 Å². The Labute approximate surface area is 216 Å². The number of carboxylic acids is 2. The number of carbonyl (C=O) groups is 3. The topological polar surface area (TPSA) is 129 Å². The zero-order valence-corrected chi connectivity index (χ0v) is 20.2. The predicted octanol–water partition coefficient (Wildman–Crippen LogP) is 3.74. The third kappa shape index (κ3) is 9.90. The number of amides is 1. The normalized spacial score (nSPS) is 21.2. The van der Waals surface area contributed by atoms with Gasteiger partial charge in [-0.1, -0.05) is 0 Å². The number of aromatic nitrogens is 1. The second-order valence-corrected chi connectivity index (χ2v) is 9.01. The van der Waals surface area contributed by atoms with E-state index in [0.717, 1.165) is 31.9 Å². The number of alkyl halides is 6. The Balaban J connectivity index is 0.000000301. The lowest BCUT2D eigenvalue weighted by Gasteiger charge is -2.32. The minimum Gasteiger partial charge on any atom is -0.475 e. The third-order valence-electron chi connectivity index (χ3n) is 5.45. The lowest BCUT2D eigenvalue weighted by molar-refractivity contribution is -0.193. The number of fused-ring (bicyclic) bond motifs is 1. The Bertz CT molecular complexity index is 1030. The van der Waals surface area contributed by atoms with Gasteiger partial charge in [0, 0.05) is 25.8 Å². The van der Waals surface area contributed by atoms with Crippen LogP contribution in [0.5, 0.6) is 0 Å². The smallest absolute Gasteiger partial charge is 0.475 e. The van der Waals surface area contributed by atoms with Crippen molar-refractivity contribution in [1.29, 1.82) is 0 Å². The van der Waals surface area contributed by atoms with E-state index in [1.807, 2.05) is 12.1 Å². The van der Waals surface area contributed by atoms with Crippen molar-refractivity contribution in [2.45, 2.75) is 18.9 Å². The summed E-state index contributed by atoms with van der Waals surface area (Å²) in [6.07, 6.45) is -6.79. The van der Waals surface area contributed by atoms with Crippen molar-refractivity contribution in [3.63, 3.8) is 0 Å². The number of thiophene rings is 1. The highest BCUT2D eigenvalue weighted by atomic mass is 32.1. The molecule has 0 aliphatic carbocycles. The Morgan fingerprint density at radius 1 is 1.05 bits per heavy atom. The van der Waals surface area contributed by atoms with Gasteiger partial charge in [-0.2, -0.15) is 37.7 Å². The molecule has 0 bridgehead atoms. The lowest BCUT2D eigenvalue weighted by atomic mass is 9.82. The van der Waals surface area contributed by atoms with Crippen LogP contribution in [0.25, 0.3) is 0 Å². The number of nitrogens with one attached hydrogen (secondary N) is 1. The second-order valence-electron chi connectivity index (χ2n) is 8.23. The fourth-order valence-corrected chi connectivity index (χ4v) is 4.46. The Morgan fingerprint density at radius 3 is 2.18 bits per heavy atom. The maximum atomic E-state index is 12.7. The van der Waals surface area contributed by atoms with Crippen molar-refractivity contribution in [3.8, 4) is 0 Å². The SMILES string of the molecule is O=C(Nc1cccnc1)[C@@H]1COC[C@H]2CN(Cc3ccsc3)C[C@H]21.O=C(O)C(F)(F)F.O=C(O)C(F)(F)F. The number of likely N-dealkylation sites (tertiary alicyclic amines) is 1. The Morgan fingerprint density at radius 2 is 1.68 bits per heavy atom. The molecule has 38 heavy (non-hydrogen) atoms. The molecule has 0 radical (unpaired) electrons. The van der Waals surface area contributed by atoms with Gasteiger partial charge in [0.2, 0.25) is 5.91 Å². The maximum absolute atomic E-state index is 12.7. The van der Waals surface area contributed by atoms with Crippen molar-refractivity contribution in [1.82, 2.24) is 9.88 Å². The van der Waals surface area contributed by atoms with Crippen LogP contribution in [-0.4, -0.2) is 76.6 Å². The molecule has 4 heterocycles. The molecule has 0 saturated carbocycles. The number of ether oxygens (including phenoxy) is 1. The van der Waals surface area contributed by atoms with Crippen molar-refractivity contribution in [2.75, 3.05) is 31.6 Å². The monoisotopic (exact) mass is 571 g/mol. The zero-order valence-electron chi connectivity index (χ0n) is 19.4. The summed E-state index contributed by atoms with van der Waals surface area (Å²) >= 11 is 1.73. The van der Waals surface area contributed by atoms with Crippen molar-refractivity contribution >= 4 is 34.9 Å². The van der Waals surface area contributed by atoms with Gasteiger partial charge in [-0.05, 0) is 46.4 Å². The number of pyridine rings is 1. The van der Waals surface area contributed by atoms with Crippen LogP contribution in [0.1, 0.15) is 5.56 Å². The quantitative estimate of drug-likeness (QED) is 0.474. The molecule has 1 amide bonds. The summed E-state index contributed by atoms with van der Waals surface area (Å²) in [7, 11) is 0. The van der Waals surface area contributed by atoms with Crippen LogP contribution in [0.3, 0.4) is 0 Å². The molecule has 2 fully saturated rings. The molecule has 3 N–H and O–H groups in total. The van der Waals surface area contributed by atoms with Crippen molar-refractivity contribution in [2.24, 2.45) is 17.8 Å². The standard InChI is InChI=1S/C18H21N3O2S.2C2HF3O2/c22-18(20-15-2-1-4-19-6-15)17-11-23-10-14-8-21(9-16(14)17)7-13-3-5-24-12-13;2*3-2(4,5)1(6)7/h1-6,12,14,16-17H,7-11H2,(H,20,22);2*(H,6,7)/t14-,16-,17-;;/m1../s1. The number of rotatable bonds is 4. The molecule has 2 saturated heterocycles. The summed E-state index contributed by atoms with van der Waals surface area (Å²) in [5, 5.41) is 21.6. The van der Waals surface area contributed by atoms with Gasteiger partial charge >= 0.3 is 24.3 Å². The van der Waals surface area contributed by atoms with Crippen molar-refractivity contribution in [3.05, 3.63) is 46.9 Å². The van der Waals surface area contributed by atoms with Crippen LogP contribution < -0.4 is 5.32 Å². The van der Waals surface area contributed by atoms with Crippen LogP contribution in [0, 0.1) is 17.8 Å². The van der Waals surface area contributed by atoms with Crippen LogP contribution >= 0.6 is 11.3 Å². The van der Waals surface area contributed by atoms with Crippen LogP contribution in [0.2, 0.25) is 0 Å². The summed E-state index contributed by atoms with van der Waals surface area (Å²) in [4.78, 5) is 37.0. The molecule has 16 heteroatoms. The van der Waals surface area contributed by atoms with Gasteiger partial charge in [0.15, 0.2) is 0 Å². The highest BCUT2D eigenvalue weighted by Gasteiger charge is 2.44. The fraction of sp³-hybridized carbons (Fsp3) is 0.455. The van der Waals surface area contributed by atoms with E-state index in [-0.39, 0.29) is 11.8 Å².